The van der Waals surface area contributed by atoms with Crippen molar-refractivity contribution in [2.24, 2.45) is 0 Å². The zero-order valence-corrected chi connectivity index (χ0v) is 7.24. The maximum Gasteiger partial charge on any atom is 0.374 e. The third-order valence-corrected chi connectivity index (χ3v) is 1.51. The summed E-state index contributed by atoms with van der Waals surface area (Å²) in [6, 6.07) is 0. The van der Waals surface area contributed by atoms with Gasteiger partial charge in [-0.25, -0.2) is 0 Å². The van der Waals surface area contributed by atoms with Gasteiger partial charge in [0, 0.05) is 0 Å². The van der Waals surface area contributed by atoms with Crippen LogP contribution in [-0.2, 0) is 0 Å². The molecule has 0 unspecified atom stereocenters. The van der Waals surface area contributed by atoms with Crippen LogP contribution in [-0.4, -0.2) is 17.4 Å². The lowest BCUT2D eigenvalue weighted by atomic mass is 10.1. The topological polar surface area (TPSA) is 27.1 Å². The summed E-state index contributed by atoms with van der Waals surface area (Å²) in [5.41, 5.74) is 1.21. The first kappa shape index (κ1) is 8.17. The Hall–Kier alpha value is -0.925. The van der Waals surface area contributed by atoms with E-state index in [4.69, 9.17) is 4.76 Å². The van der Waals surface area contributed by atoms with Gasteiger partial charge in [-0.2, -0.15) is 0 Å². The van der Waals surface area contributed by atoms with Crippen LogP contribution in [0.5, 0.6) is 0 Å². The second kappa shape index (κ2) is 3.46. The molecule has 3 nitrogen and oxygen atoms in total. The highest BCUT2D eigenvalue weighted by Crippen LogP contribution is 2.11. The van der Waals surface area contributed by atoms with Gasteiger partial charge in [0.05, 0.1) is 12.4 Å². The molecule has 0 saturated heterocycles. The summed E-state index contributed by atoms with van der Waals surface area (Å²) >= 11 is 0. The van der Waals surface area contributed by atoms with Crippen molar-refractivity contribution in [3.8, 4) is 0 Å². The van der Waals surface area contributed by atoms with Gasteiger partial charge in [-0.1, -0.05) is 13.8 Å². The first-order valence-electron chi connectivity index (χ1n) is 3.92. The van der Waals surface area contributed by atoms with Crippen molar-refractivity contribution < 1.29 is 4.76 Å². The summed E-state index contributed by atoms with van der Waals surface area (Å²) in [6.07, 6.45) is 3.74. The molecule has 1 rings (SSSR count). The third-order valence-electron chi connectivity index (χ3n) is 1.51. The molecule has 1 heterocycles. The predicted molar refractivity (Wildman–Crippen MR) is 45.9 cm³/mol. The standard InChI is InChI=1S/C7H13BN2O/c1-6(2)7-4-9-10(5-7)11-8-3/h4-6,8H,1-3H3. The van der Waals surface area contributed by atoms with Crippen molar-refractivity contribution in [2.75, 3.05) is 0 Å². The summed E-state index contributed by atoms with van der Waals surface area (Å²) < 4.78 is 5.14. The lowest BCUT2D eigenvalue weighted by Gasteiger charge is -2.00. The second-order valence-corrected chi connectivity index (χ2v) is 2.75. The van der Waals surface area contributed by atoms with Gasteiger partial charge in [0.1, 0.15) is 0 Å². The molecule has 0 atom stereocenters. The second-order valence-electron chi connectivity index (χ2n) is 2.75. The molecule has 1 aromatic rings. The maximum atomic E-state index is 5.14. The van der Waals surface area contributed by atoms with Gasteiger partial charge >= 0.3 is 7.48 Å². The Morgan fingerprint density at radius 3 is 2.82 bits per heavy atom. The summed E-state index contributed by atoms with van der Waals surface area (Å²) in [6.45, 7) is 6.21. The quantitative estimate of drug-likeness (QED) is 0.600. The van der Waals surface area contributed by atoms with Crippen LogP contribution in [0.2, 0.25) is 6.82 Å². The highest BCUT2D eigenvalue weighted by atomic mass is 16.6. The maximum absolute atomic E-state index is 5.14. The molecule has 60 valence electrons. The van der Waals surface area contributed by atoms with E-state index in [0.29, 0.717) is 13.4 Å². The fourth-order valence-electron chi connectivity index (χ4n) is 0.819. The molecule has 0 fully saturated rings. The Morgan fingerprint density at radius 2 is 2.36 bits per heavy atom. The van der Waals surface area contributed by atoms with Crippen molar-refractivity contribution in [2.45, 2.75) is 26.6 Å². The summed E-state index contributed by atoms with van der Waals surface area (Å²) in [4.78, 5) is 1.51. The van der Waals surface area contributed by atoms with Crippen LogP contribution >= 0.6 is 0 Å². The lowest BCUT2D eigenvalue weighted by Crippen LogP contribution is -2.13. The molecule has 0 amide bonds. The van der Waals surface area contributed by atoms with E-state index in [1.54, 1.807) is 0 Å². The average Bonchev–Trinajstić information content (AvgIpc) is 2.37. The minimum absolute atomic E-state index is 0.518. The lowest BCUT2D eigenvalue weighted by molar-refractivity contribution is 0.247. The van der Waals surface area contributed by atoms with Crippen LogP contribution in [0.1, 0.15) is 25.3 Å². The van der Waals surface area contributed by atoms with Gasteiger partial charge in [0.2, 0.25) is 0 Å². The van der Waals surface area contributed by atoms with E-state index in [1.165, 1.54) is 10.4 Å². The Bertz CT molecular complexity index is 222. The zero-order valence-electron chi connectivity index (χ0n) is 7.24. The van der Waals surface area contributed by atoms with Crippen LogP contribution < -0.4 is 4.76 Å². The molecular formula is C7H13BN2O. The number of nitrogens with zero attached hydrogens (tertiary/aromatic N) is 2. The van der Waals surface area contributed by atoms with Crippen LogP contribution in [0, 0.1) is 0 Å². The van der Waals surface area contributed by atoms with Crippen LogP contribution in [0.4, 0.5) is 0 Å². The smallest absolute Gasteiger partial charge is 0.374 e. The molecule has 0 bridgehead atoms. The SMILES string of the molecule is CBOn1cc(C(C)C)cn1. The Balaban J connectivity index is 2.66. The van der Waals surface area contributed by atoms with Gasteiger partial charge in [-0.05, 0) is 18.3 Å². The first-order chi connectivity index (χ1) is 5.24. The summed E-state index contributed by atoms with van der Waals surface area (Å²) in [7, 11) is 0.652. The summed E-state index contributed by atoms with van der Waals surface area (Å²) in [5, 5.41) is 4.02. The summed E-state index contributed by atoms with van der Waals surface area (Å²) in [5.74, 6) is 0.518. The molecule has 11 heavy (non-hydrogen) atoms. The molecule has 0 saturated carbocycles. The number of aromatic nitrogens is 2. The van der Waals surface area contributed by atoms with E-state index in [2.05, 4.69) is 18.9 Å². The largest absolute Gasteiger partial charge is 0.476 e. The Kier molecular flexibility index (Phi) is 2.57. The van der Waals surface area contributed by atoms with Crippen molar-refractivity contribution >= 4 is 7.48 Å². The van der Waals surface area contributed by atoms with E-state index in [1.807, 2.05) is 19.2 Å². The van der Waals surface area contributed by atoms with Gasteiger partial charge in [0.15, 0.2) is 0 Å². The average molecular weight is 152 g/mol. The number of rotatable bonds is 3. The number of hydrogen-bond donors (Lipinski definition) is 0. The monoisotopic (exact) mass is 152 g/mol. The van der Waals surface area contributed by atoms with Crippen molar-refractivity contribution in [3.05, 3.63) is 18.0 Å². The molecule has 0 aliphatic rings. The van der Waals surface area contributed by atoms with Crippen molar-refractivity contribution in [1.29, 1.82) is 0 Å². The molecule has 0 aromatic carbocycles. The van der Waals surface area contributed by atoms with Crippen LogP contribution in [0.3, 0.4) is 0 Å². The first-order valence-corrected chi connectivity index (χ1v) is 3.92. The van der Waals surface area contributed by atoms with E-state index in [9.17, 15) is 0 Å². The van der Waals surface area contributed by atoms with Crippen LogP contribution in [0.25, 0.3) is 0 Å². The molecule has 0 radical (unpaired) electrons. The van der Waals surface area contributed by atoms with E-state index in [0.717, 1.165) is 0 Å². The van der Waals surface area contributed by atoms with Crippen molar-refractivity contribution in [1.82, 2.24) is 9.94 Å². The molecular weight excluding hydrogens is 139 g/mol. The molecule has 4 heteroatoms. The minimum Gasteiger partial charge on any atom is -0.476 e. The fraction of sp³-hybridized carbons (Fsp3) is 0.571. The minimum atomic E-state index is 0.518. The Labute approximate surface area is 67.6 Å². The van der Waals surface area contributed by atoms with E-state index >= 15 is 0 Å². The zero-order chi connectivity index (χ0) is 8.27. The van der Waals surface area contributed by atoms with Crippen LogP contribution in [0.15, 0.2) is 12.4 Å². The molecule has 0 spiro atoms. The number of hydrogen-bond acceptors (Lipinski definition) is 2. The highest BCUT2D eigenvalue weighted by molar-refractivity contribution is 6.24. The Morgan fingerprint density at radius 1 is 1.64 bits per heavy atom. The van der Waals surface area contributed by atoms with Gasteiger partial charge < -0.3 is 4.76 Å². The molecule has 0 N–H and O–H groups in total. The normalized spacial score (nSPS) is 10.2. The molecule has 0 aliphatic carbocycles. The van der Waals surface area contributed by atoms with Gasteiger partial charge in [-0.3, -0.25) is 0 Å². The van der Waals surface area contributed by atoms with Gasteiger partial charge in [0.25, 0.3) is 0 Å². The highest BCUT2D eigenvalue weighted by Gasteiger charge is 2.01. The third kappa shape index (κ3) is 2.00. The van der Waals surface area contributed by atoms with Crippen molar-refractivity contribution in [3.63, 3.8) is 0 Å². The predicted octanol–water partition coefficient (Wildman–Crippen LogP) is 0.835. The fourth-order valence-corrected chi connectivity index (χ4v) is 0.819. The van der Waals surface area contributed by atoms with E-state index < -0.39 is 0 Å². The van der Waals surface area contributed by atoms with E-state index in [-0.39, 0.29) is 0 Å². The molecule has 0 aliphatic heterocycles. The van der Waals surface area contributed by atoms with Gasteiger partial charge in [-0.15, -0.1) is 9.94 Å². The molecule has 1 aromatic heterocycles.